The molecule has 0 aliphatic heterocycles. The van der Waals surface area contributed by atoms with Gasteiger partial charge in [0.05, 0.1) is 0 Å². The molecule has 0 fully saturated rings. The first-order valence-corrected chi connectivity index (χ1v) is 6.04. The summed E-state index contributed by atoms with van der Waals surface area (Å²) in [4.78, 5) is 11.4. The molecule has 0 spiro atoms. The number of aromatic nitrogens is 1. The van der Waals surface area contributed by atoms with Crippen molar-refractivity contribution in [3.63, 3.8) is 0 Å². The van der Waals surface area contributed by atoms with Gasteiger partial charge in [0, 0.05) is 18.1 Å². The van der Waals surface area contributed by atoms with Crippen molar-refractivity contribution < 1.29 is 0 Å². The van der Waals surface area contributed by atoms with Gasteiger partial charge in [0.2, 0.25) is 0 Å². The second-order valence-electron chi connectivity index (χ2n) is 3.16. The second kappa shape index (κ2) is 5.50. The predicted molar refractivity (Wildman–Crippen MR) is 60.8 cm³/mol. The lowest BCUT2D eigenvalue weighted by Crippen LogP contribution is -2.19. The lowest BCUT2D eigenvalue weighted by atomic mass is 10.1. The summed E-state index contributed by atoms with van der Waals surface area (Å²) in [6.07, 6.45) is 4.16. The first-order chi connectivity index (χ1) is 6.27. The van der Waals surface area contributed by atoms with Crippen LogP contribution >= 0.6 is 24.0 Å². The molecule has 1 aromatic rings. The summed E-state index contributed by atoms with van der Waals surface area (Å²) >= 11 is 5.54. The summed E-state index contributed by atoms with van der Waals surface area (Å²) in [6, 6.07) is 0. The van der Waals surface area contributed by atoms with Gasteiger partial charge in [-0.25, -0.2) is 0 Å². The van der Waals surface area contributed by atoms with Crippen molar-refractivity contribution in [3.05, 3.63) is 21.2 Å². The molecular formula is C9H15NOS2. The molecule has 1 atom stereocenters. The van der Waals surface area contributed by atoms with E-state index in [-0.39, 0.29) is 4.87 Å². The van der Waals surface area contributed by atoms with Crippen LogP contribution < -0.4 is 4.87 Å². The van der Waals surface area contributed by atoms with Gasteiger partial charge in [0.25, 0.3) is 0 Å². The second-order valence-corrected chi connectivity index (χ2v) is 4.38. The first-order valence-electron chi connectivity index (χ1n) is 4.52. The van der Waals surface area contributed by atoms with Gasteiger partial charge in [-0.1, -0.05) is 24.7 Å². The van der Waals surface area contributed by atoms with E-state index in [1.807, 2.05) is 11.6 Å². The topological polar surface area (TPSA) is 22.0 Å². The number of hydrogen-bond donors (Lipinski definition) is 1. The van der Waals surface area contributed by atoms with Crippen molar-refractivity contribution in [2.75, 3.05) is 5.75 Å². The van der Waals surface area contributed by atoms with Gasteiger partial charge in [-0.2, -0.15) is 12.6 Å². The zero-order chi connectivity index (χ0) is 9.68. The van der Waals surface area contributed by atoms with E-state index in [2.05, 4.69) is 19.6 Å². The van der Waals surface area contributed by atoms with Crippen LogP contribution in [0.25, 0.3) is 0 Å². The molecule has 0 saturated heterocycles. The van der Waals surface area contributed by atoms with Gasteiger partial charge in [0.15, 0.2) is 0 Å². The maximum absolute atomic E-state index is 11.2. The Morgan fingerprint density at radius 2 is 2.46 bits per heavy atom. The van der Waals surface area contributed by atoms with Crippen LogP contribution in [0.5, 0.6) is 0 Å². The lowest BCUT2D eigenvalue weighted by molar-refractivity contribution is 0.450. The van der Waals surface area contributed by atoms with Crippen molar-refractivity contribution >= 4 is 24.0 Å². The van der Waals surface area contributed by atoms with Crippen molar-refractivity contribution in [1.29, 1.82) is 0 Å². The Labute approximate surface area is 88.0 Å². The van der Waals surface area contributed by atoms with Gasteiger partial charge < -0.3 is 4.57 Å². The highest BCUT2D eigenvalue weighted by molar-refractivity contribution is 7.80. The van der Waals surface area contributed by atoms with Crippen LogP contribution in [0.4, 0.5) is 0 Å². The van der Waals surface area contributed by atoms with Gasteiger partial charge in [-0.15, -0.1) is 0 Å². The molecule has 1 unspecified atom stereocenters. The van der Waals surface area contributed by atoms with Gasteiger partial charge in [0.1, 0.15) is 0 Å². The molecule has 2 nitrogen and oxygen atoms in total. The third-order valence-electron chi connectivity index (χ3n) is 2.05. The van der Waals surface area contributed by atoms with E-state index < -0.39 is 0 Å². The van der Waals surface area contributed by atoms with E-state index in [0.29, 0.717) is 5.92 Å². The minimum atomic E-state index is 0.142. The van der Waals surface area contributed by atoms with Crippen LogP contribution in [0.1, 0.15) is 19.8 Å². The molecule has 0 aliphatic rings. The largest absolute Gasteiger partial charge is 0.307 e. The van der Waals surface area contributed by atoms with Crippen LogP contribution in [0.3, 0.4) is 0 Å². The Balaban J connectivity index is 2.56. The zero-order valence-corrected chi connectivity index (χ0v) is 9.48. The average molecular weight is 217 g/mol. The molecule has 1 rings (SSSR count). The minimum absolute atomic E-state index is 0.142. The van der Waals surface area contributed by atoms with Crippen LogP contribution in [0.2, 0.25) is 0 Å². The molecular weight excluding hydrogens is 202 g/mol. The molecule has 0 aromatic carbocycles. The summed E-state index contributed by atoms with van der Waals surface area (Å²) in [6.45, 7) is 2.98. The average Bonchev–Trinajstić information content (AvgIpc) is 2.51. The molecule has 0 saturated carbocycles. The Bertz CT molecular complexity index is 292. The quantitative estimate of drug-likeness (QED) is 0.751. The Kier molecular flexibility index (Phi) is 4.59. The molecule has 0 amide bonds. The lowest BCUT2D eigenvalue weighted by Gasteiger charge is -2.12. The Morgan fingerprint density at radius 3 is 2.92 bits per heavy atom. The van der Waals surface area contributed by atoms with Crippen LogP contribution in [0.15, 0.2) is 16.4 Å². The van der Waals surface area contributed by atoms with Crippen LogP contribution in [0, 0.1) is 5.92 Å². The Morgan fingerprint density at radius 1 is 1.69 bits per heavy atom. The van der Waals surface area contributed by atoms with E-state index in [4.69, 9.17) is 0 Å². The number of thiazole rings is 1. The standard InChI is InChI=1S/C9H15NOS2/c1-2-3-8(7-12)6-10-4-5-13-9(10)11/h4-5,8,12H,2-3,6-7H2,1H3. The number of nitrogens with zero attached hydrogens (tertiary/aromatic N) is 1. The highest BCUT2D eigenvalue weighted by Crippen LogP contribution is 2.10. The number of rotatable bonds is 5. The highest BCUT2D eigenvalue weighted by Gasteiger charge is 2.07. The van der Waals surface area contributed by atoms with E-state index in [1.165, 1.54) is 11.3 Å². The van der Waals surface area contributed by atoms with Crippen molar-refractivity contribution in [2.24, 2.45) is 5.92 Å². The normalized spacial score (nSPS) is 13.1. The minimum Gasteiger partial charge on any atom is -0.306 e. The molecule has 0 radical (unpaired) electrons. The van der Waals surface area contributed by atoms with E-state index in [0.717, 1.165) is 25.1 Å². The van der Waals surface area contributed by atoms with Gasteiger partial charge >= 0.3 is 4.87 Å². The Hall–Kier alpha value is -0.220. The first kappa shape index (κ1) is 10.9. The summed E-state index contributed by atoms with van der Waals surface area (Å²) in [5, 5.41) is 1.84. The molecule has 4 heteroatoms. The molecule has 13 heavy (non-hydrogen) atoms. The van der Waals surface area contributed by atoms with E-state index in [1.54, 1.807) is 4.57 Å². The number of thiol groups is 1. The SMILES string of the molecule is CCCC(CS)Cn1ccsc1=O. The smallest absolute Gasteiger partial charge is 0.306 e. The van der Waals surface area contributed by atoms with E-state index in [9.17, 15) is 4.79 Å². The van der Waals surface area contributed by atoms with Gasteiger partial charge in [-0.3, -0.25) is 4.79 Å². The molecule has 0 aliphatic carbocycles. The van der Waals surface area contributed by atoms with Gasteiger partial charge in [-0.05, 0) is 18.1 Å². The van der Waals surface area contributed by atoms with Crippen molar-refractivity contribution in [3.8, 4) is 0 Å². The maximum Gasteiger partial charge on any atom is 0.307 e. The predicted octanol–water partition coefficient (Wildman–Crippen LogP) is 2.26. The summed E-state index contributed by atoms with van der Waals surface area (Å²) in [5.74, 6) is 1.39. The third kappa shape index (κ3) is 3.19. The number of hydrogen-bond acceptors (Lipinski definition) is 3. The third-order valence-corrected chi connectivity index (χ3v) is 3.26. The zero-order valence-electron chi connectivity index (χ0n) is 7.77. The van der Waals surface area contributed by atoms with Crippen molar-refractivity contribution in [1.82, 2.24) is 4.57 Å². The van der Waals surface area contributed by atoms with Crippen LogP contribution in [-0.2, 0) is 6.54 Å². The molecule has 1 heterocycles. The summed E-state index contributed by atoms with van der Waals surface area (Å²) in [7, 11) is 0. The molecule has 0 bridgehead atoms. The monoisotopic (exact) mass is 217 g/mol. The maximum atomic E-state index is 11.2. The van der Waals surface area contributed by atoms with Crippen LogP contribution in [-0.4, -0.2) is 10.3 Å². The van der Waals surface area contributed by atoms with E-state index >= 15 is 0 Å². The molecule has 74 valence electrons. The molecule has 1 aromatic heterocycles. The summed E-state index contributed by atoms with van der Waals surface area (Å²) < 4.78 is 1.78. The molecule has 0 N–H and O–H groups in total. The fraction of sp³-hybridized carbons (Fsp3) is 0.667. The van der Waals surface area contributed by atoms with Crippen molar-refractivity contribution in [2.45, 2.75) is 26.3 Å². The fourth-order valence-corrected chi connectivity index (χ4v) is 2.25. The highest BCUT2D eigenvalue weighted by atomic mass is 32.1. The fourth-order valence-electron chi connectivity index (χ4n) is 1.35. The summed E-state index contributed by atoms with van der Waals surface area (Å²) in [5.41, 5.74) is 0.